The number of Topliss-reactive ketones (excluding diaryl/α,β-unsaturated/α-hetero) is 2. The number of aliphatic hydroxyl groups excluding tert-OH is 1. The van der Waals surface area contributed by atoms with Gasteiger partial charge in [0.25, 0.3) is 0 Å². The van der Waals surface area contributed by atoms with Crippen LogP contribution in [-0.4, -0.2) is 53.2 Å². The van der Waals surface area contributed by atoms with E-state index in [9.17, 15) is 28.3 Å². The van der Waals surface area contributed by atoms with E-state index in [0.29, 0.717) is 12.8 Å². The van der Waals surface area contributed by atoms with E-state index in [1.165, 1.54) is 0 Å². The highest BCUT2D eigenvalue weighted by molar-refractivity contribution is 5.84. The van der Waals surface area contributed by atoms with E-state index in [1.807, 2.05) is 44.2 Å². The first-order valence-corrected chi connectivity index (χ1v) is 14.6. The van der Waals surface area contributed by atoms with E-state index in [2.05, 4.69) is 5.32 Å². The Morgan fingerprint density at radius 2 is 1.63 bits per heavy atom. The highest BCUT2D eigenvalue weighted by Gasteiger charge is 2.31. The molecule has 2 aromatic carbocycles. The number of carbonyl (C=O) groups is 3. The van der Waals surface area contributed by atoms with Gasteiger partial charge in [-0.3, -0.25) is 9.59 Å². The predicted molar refractivity (Wildman–Crippen MR) is 160 cm³/mol. The Morgan fingerprint density at radius 1 is 0.977 bits per heavy atom. The number of nitrogens with one attached hydrogen (secondary N) is 1. The van der Waals surface area contributed by atoms with Gasteiger partial charge in [-0.2, -0.15) is 0 Å². The van der Waals surface area contributed by atoms with E-state index in [0.717, 1.165) is 23.8 Å². The Kier molecular flexibility index (Phi) is 13.9. The summed E-state index contributed by atoms with van der Waals surface area (Å²) in [6.07, 6.45) is -1.16. The van der Waals surface area contributed by atoms with Crippen LogP contribution in [0.3, 0.4) is 0 Å². The molecule has 0 aliphatic heterocycles. The van der Waals surface area contributed by atoms with Crippen molar-refractivity contribution in [2.45, 2.75) is 104 Å². The van der Waals surface area contributed by atoms with Crippen molar-refractivity contribution >= 4 is 17.7 Å². The first-order valence-electron chi connectivity index (χ1n) is 14.6. The molecule has 0 aromatic heterocycles. The van der Waals surface area contributed by atoms with Crippen molar-refractivity contribution in [2.24, 2.45) is 11.1 Å². The fourth-order valence-electron chi connectivity index (χ4n) is 4.43. The maximum atomic E-state index is 13.9. The van der Waals surface area contributed by atoms with E-state index in [1.54, 1.807) is 20.8 Å². The second-order valence-electron chi connectivity index (χ2n) is 12.8. The molecule has 238 valence electrons. The van der Waals surface area contributed by atoms with Gasteiger partial charge in [-0.05, 0) is 74.8 Å². The number of carbonyl (C=O) groups excluding carboxylic acids is 3. The van der Waals surface area contributed by atoms with Crippen LogP contribution in [0.25, 0.3) is 0 Å². The molecule has 0 bridgehead atoms. The van der Waals surface area contributed by atoms with Crippen LogP contribution in [-0.2, 0) is 32.1 Å². The van der Waals surface area contributed by atoms with Gasteiger partial charge in [0, 0.05) is 25.3 Å². The van der Waals surface area contributed by atoms with Gasteiger partial charge in [-0.1, -0.05) is 44.2 Å². The molecule has 0 fully saturated rings. The summed E-state index contributed by atoms with van der Waals surface area (Å²) in [4.78, 5) is 38.0. The number of nitrogens with two attached hydrogens (primary N) is 1. The number of alkyl carbamates (subject to hydrolysis) is 1. The Balaban J connectivity index is 1.88. The maximum absolute atomic E-state index is 13.9. The number of ketones is 2. The lowest BCUT2D eigenvalue weighted by molar-refractivity contribution is -0.130. The lowest BCUT2D eigenvalue weighted by Gasteiger charge is -2.28. The number of ether oxygens (including phenoxy) is 2. The molecule has 10 heteroatoms. The number of hydrogen-bond acceptors (Lipinski definition) is 7. The average Bonchev–Trinajstić information content (AvgIpc) is 2.91. The van der Waals surface area contributed by atoms with Crippen molar-refractivity contribution in [3.05, 3.63) is 71.3 Å². The zero-order valence-electron chi connectivity index (χ0n) is 25.8. The fourth-order valence-corrected chi connectivity index (χ4v) is 4.43. The number of hydrogen-bond donors (Lipinski definition) is 3. The molecule has 2 rings (SSSR count). The minimum absolute atomic E-state index is 0.0185. The van der Waals surface area contributed by atoms with Gasteiger partial charge in [0.05, 0.1) is 19.3 Å². The molecular weight excluding hydrogens is 558 g/mol. The molecule has 3 atom stereocenters. The van der Waals surface area contributed by atoms with Crippen molar-refractivity contribution in [2.75, 3.05) is 6.61 Å². The smallest absolute Gasteiger partial charge is 0.408 e. The summed E-state index contributed by atoms with van der Waals surface area (Å²) in [7, 11) is 0. The Hall–Kier alpha value is -3.21. The third-order valence-corrected chi connectivity index (χ3v) is 6.93. The maximum Gasteiger partial charge on any atom is 0.408 e. The largest absolute Gasteiger partial charge is 0.444 e. The van der Waals surface area contributed by atoms with Crippen LogP contribution in [0.1, 0.15) is 77.8 Å². The van der Waals surface area contributed by atoms with Crippen LogP contribution < -0.4 is 11.1 Å². The van der Waals surface area contributed by atoms with E-state index >= 15 is 0 Å². The minimum atomic E-state index is -1.53. The molecule has 0 heterocycles. The van der Waals surface area contributed by atoms with Gasteiger partial charge in [0.15, 0.2) is 5.78 Å². The summed E-state index contributed by atoms with van der Waals surface area (Å²) in [5.41, 5.74) is 5.87. The third kappa shape index (κ3) is 14.2. The number of benzene rings is 2. The quantitative estimate of drug-likeness (QED) is 0.220. The highest BCUT2D eigenvalue weighted by atomic mass is 19.1. The SMILES string of the molecule is CC(C)(CCC(=O)CC(N)Cc1cc(F)ccc1F)CCC(=O)C(O)C(COCc1ccccc1)NC(=O)OC(C)(C)C. The highest BCUT2D eigenvalue weighted by Crippen LogP contribution is 2.29. The molecular formula is C33H46F2N2O6. The molecule has 1 amide bonds. The molecule has 2 aromatic rings. The average molecular weight is 605 g/mol. The van der Waals surface area contributed by atoms with Crippen LogP contribution in [0.5, 0.6) is 0 Å². The Morgan fingerprint density at radius 3 is 2.28 bits per heavy atom. The molecule has 0 aliphatic rings. The summed E-state index contributed by atoms with van der Waals surface area (Å²) < 4.78 is 38.3. The Labute approximate surface area is 253 Å². The van der Waals surface area contributed by atoms with Gasteiger partial charge in [0.2, 0.25) is 0 Å². The summed E-state index contributed by atoms with van der Waals surface area (Å²) in [6, 6.07) is 10.8. The zero-order valence-corrected chi connectivity index (χ0v) is 25.8. The topological polar surface area (TPSA) is 128 Å². The van der Waals surface area contributed by atoms with Gasteiger partial charge >= 0.3 is 6.09 Å². The molecule has 0 aliphatic carbocycles. The number of aliphatic hydroxyl groups is 1. The predicted octanol–water partition coefficient (Wildman–Crippen LogP) is 5.42. The monoisotopic (exact) mass is 604 g/mol. The van der Waals surface area contributed by atoms with Crippen LogP contribution in [0.4, 0.5) is 13.6 Å². The van der Waals surface area contributed by atoms with Crippen molar-refractivity contribution in [1.82, 2.24) is 5.32 Å². The Bertz CT molecular complexity index is 1200. The summed E-state index contributed by atoms with van der Waals surface area (Å²) >= 11 is 0. The molecule has 4 N–H and O–H groups in total. The molecule has 0 radical (unpaired) electrons. The molecule has 3 unspecified atom stereocenters. The lowest BCUT2D eigenvalue weighted by Crippen LogP contribution is -2.51. The van der Waals surface area contributed by atoms with Crippen molar-refractivity contribution in [3.63, 3.8) is 0 Å². The van der Waals surface area contributed by atoms with Crippen LogP contribution >= 0.6 is 0 Å². The summed E-state index contributed by atoms with van der Waals surface area (Å²) in [6.45, 7) is 9.08. The van der Waals surface area contributed by atoms with E-state index < -0.39 is 52.7 Å². The zero-order chi connectivity index (χ0) is 32.2. The van der Waals surface area contributed by atoms with Crippen molar-refractivity contribution < 1.29 is 37.7 Å². The van der Waals surface area contributed by atoms with Crippen molar-refractivity contribution in [3.8, 4) is 0 Å². The van der Waals surface area contributed by atoms with Gasteiger partial charge in [-0.15, -0.1) is 0 Å². The summed E-state index contributed by atoms with van der Waals surface area (Å²) in [5, 5.41) is 13.4. The number of halogens is 2. The van der Waals surface area contributed by atoms with E-state index in [4.69, 9.17) is 15.2 Å². The van der Waals surface area contributed by atoms with Crippen LogP contribution in [0, 0.1) is 17.0 Å². The van der Waals surface area contributed by atoms with Crippen molar-refractivity contribution in [1.29, 1.82) is 0 Å². The third-order valence-electron chi connectivity index (χ3n) is 6.93. The molecule has 0 saturated carbocycles. The normalized spacial score (nSPS) is 14.1. The van der Waals surface area contributed by atoms with Crippen LogP contribution in [0.15, 0.2) is 48.5 Å². The number of rotatable bonds is 17. The first kappa shape index (κ1) is 36.0. The molecule has 0 saturated heterocycles. The van der Waals surface area contributed by atoms with Crippen LogP contribution in [0.2, 0.25) is 0 Å². The molecule has 0 spiro atoms. The lowest BCUT2D eigenvalue weighted by atomic mass is 9.81. The second kappa shape index (κ2) is 16.6. The fraction of sp³-hybridized carbons (Fsp3) is 0.545. The molecule has 43 heavy (non-hydrogen) atoms. The van der Waals surface area contributed by atoms with Gasteiger partial charge < -0.3 is 25.6 Å². The second-order valence-corrected chi connectivity index (χ2v) is 12.8. The standard InChI is InChI=1S/C33H46F2N2O6/c1-32(2,3)43-31(41)37-28(21-42-20-22-9-7-6-8-10-22)30(40)29(39)14-16-33(4,5)15-13-26(38)19-25(36)18-23-17-24(34)11-12-27(23)35/h6-12,17,25,28,30,40H,13-16,18-21,36H2,1-5H3,(H,37,41). The molecule has 8 nitrogen and oxygen atoms in total. The van der Waals surface area contributed by atoms with Gasteiger partial charge in [-0.25, -0.2) is 13.6 Å². The summed E-state index contributed by atoms with van der Waals surface area (Å²) in [5.74, 6) is -1.71. The number of amides is 1. The van der Waals surface area contributed by atoms with Gasteiger partial charge in [0.1, 0.15) is 29.1 Å². The minimum Gasteiger partial charge on any atom is -0.444 e. The first-order chi connectivity index (χ1) is 20.0. The van der Waals surface area contributed by atoms with E-state index in [-0.39, 0.29) is 50.2 Å².